The first-order valence-electron chi connectivity index (χ1n) is 6.94. The fourth-order valence-electron chi connectivity index (χ4n) is 2.16. The molecular formula is C14H21N3O3. The van der Waals surface area contributed by atoms with E-state index >= 15 is 0 Å². The lowest BCUT2D eigenvalue weighted by Crippen LogP contribution is -2.25. The van der Waals surface area contributed by atoms with Crippen LogP contribution in [-0.4, -0.2) is 33.7 Å². The Morgan fingerprint density at radius 1 is 1.25 bits per heavy atom. The largest absolute Gasteiger partial charge is 0.353 e. The van der Waals surface area contributed by atoms with Gasteiger partial charge in [0.1, 0.15) is 5.52 Å². The number of rotatable bonds is 7. The first-order valence-corrected chi connectivity index (χ1v) is 6.94. The van der Waals surface area contributed by atoms with Gasteiger partial charge in [-0.3, -0.25) is 4.79 Å². The van der Waals surface area contributed by atoms with Crippen LogP contribution in [0, 0.1) is 6.92 Å². The first kappa shape index (κ1) is 14.7. The Bertz CT molecular complexity index is 612. The smallest absolute Gasteiger partial charge is 0.276 e. The summed E-state index contributed by atoms with van der Waals surface area (Å²) in [5, 5.41) is 4.22. The highest BCUT2D eigenvalue weighted by atomic mass is 16.7. The highest BCUT2D eigenvalue weighted by Gasteiger charge is 2.10. The third kappa shape index (κ3) is 3.26. The monoisotopic (exact) mass is 279 g/mol. The molecule has 0 saturated heterocycles. The van der Waals surface area contributed by atoms with Crippen molar-refractivity contribution in [2.24, 2.45) is 0 Å². The Kier molecular flexibility index (Phi) is 4.92. The molecule has 20 heavy (non-hydrogen) atoms. The van der Waals surface area contributed by atoms with Gasteiger partial charge in [-0.25, -0.2) is 4.52 Å². The van der Waals surface area contributed by atoms with Gasteiger partial charge in [-0.15, -0.1) is 0 Å². The molecule has 0 radical (unpaired) electrons. The quantitative estimate of drug-likeness (QED) is 0.722. The summed E-state index contributed by atoms with van der Waals surface area (Å²) in [4.78, 5) is 12.3. The van der Waals surface area contributed by atoms with Gasteiger partial charge in [0.2, 0.25) is 0 Å². The number of nitrogens with zero attached hydrogens (tertiary/aromatic N) is 3. The standard InChI is InChI=1S/C14H21N3O3/c1-4-19-13(20-5-2)6-7-16-8-9-17-12(14(16)18)10-11(3)15-17/h8-10,13H,4-7H2,1-3H3. The summed E-state index contributed by atoms with van der Waals surface area (Å²) in [6, 6.07) is 1.79. The summed E-state index contributed by atoms with van der Waals surface area (Å²) in [5.74, 6) is 0. The van der Waals surface area contributed by atoms with Gasteiger partial charge in [0.15, 0.2) is 6.29 Å². The zero-order chi connectivity index (χ0) is 14.5. The maximum absolute atomic E-state index is 12.3. The van der Waals surface area contributed by atoms with Crippen LogP contribution in [0.5, 0.6) is 0 Å². The minimum Gasteiger partial charge on any atom is -0.353 e. The zero-order valence-electron chi connectivity index (χ0n) is 12.2. The summed E-state index contributed by atoms with van der Waals surface area (Å²) >= 11 is 0. The van der Waals surface area contributed by atoms with Crippen molar-refractivity contribution in [2.45, 2.75) is 40.0 Å². The normalized spacial score (nSPS) is 11.6. The van der Waals surface area contributed by atoms with Crippen molar-refractivity contribution in [3.8, 4) is 0 Å². The summed E-state index contributed by atoms with van der Waals surface area (Å²) in [5.41, 5.74) is 1.38. The van der Waals surface area contributed by atoms with Crippen LogP contribution in [0.25, 0.3) is 5.52 Å². The maximum Gasteiger partial charge on any atom is 0.276 e. The van der Waals surface area contributed by atoms with Gasteiger partial charge in [-0.1, -0.05) is 0 Å². The van der Waals surface area contributed by atoms with Crippen LogP contribution in [0.3, 0.4) is 0 Å². The van der Waals surface area contributed by atoms with E-state index in [1.807, 2.05) is 20.8 Å². The third-order valence-corrected chi connectivity index (χ3v) is 3.04. The van der Waals surface area contributed by atoms with Crippen molar-refractivity contribution < 1.29 is 9.47 Å². The summed E-state index contributed by atoms with van der Waals surface area (Å²) in [7, 11) is 0. The predicted octanol–water partition coefficient (Wildman–Crippen LogP) is 1.59. The van der Waals surface area contributed by atoms with E-state index in [0.29, 0.717) is 31.7 Å². The number of ether oxygens (including phenoxy) is 2. The van der Waals surface area contributed by atoms with Crippen LogP contribution in [0.1, 0.15) is 26.0 Å². The fraction of sp³-hybridized carbons (Fsp3) is 0.571. The SMILES string of the molecule is CCOC(CCn1ccn2nc(C)cc2c1=O)OCC. The van der Waals surface area contributed by atoms with Gasteiger partial charge in [0, 0.05) is 38.6 Å². The predicted molar refractivity (Wildman–Crippen MR) is 75.8 cm³/mol. The van der Waals surface area contributed by atoms with E-state index in [0.717, 1.165) is 5.69 Å². The van der Waals surface area contributed by atoms with Gasteiger partial charge in [-0.05, 0) is 26.8 Å². The van der Waals surface area contributed by atoms with Gasteiger partial charge in [-0.2, -0.15) is 5.10 Å². The second-order valence-corrected chi connectivity index (χ2v) is 4.54. The van der Waals surface area contributed by atoms with Crippen molar-refractivity contribution >= 4 is 5.52 Å². The number of aromatic nitrogens is 3. The van der Waals surface area contributed by atoms with Crippen molar-refractivity contribution in [1.29, 1.82) is 0 Å². The minimum absolute atomic E-state index is 0.0418. The van der Waals surface area contributed by atoms with E-state index in [9.17, 15) is 4.79 Å². The van der Waals surface area contributed by atoms with Gasteiger partial charge in [0.25, 0.3) is 5.56 Å². The Labute approximate surface area is 117 Å². The molecule has 2 heterocycles. The Morgan fingerprint density at radius 2 is 1.95 bits per heavy atom. The molecular weight excluding hydrogens is 258 g/mol. The van der Waals surface area contributed by atoms with Crippen LogP contribution in [-0.2, 0) is 16.0 Å². The zero-order valence-corrected chi connectivity index (χ0v) is 12.2. The van der Waals surface area contributed by atoms with Crippen LogP contribution in [0.2, 0.25) is 0 Å². The highest BCUT2D eigenvalue weighted by Crippen LogP contribution is 2.04. The molecule has 2 aromatic rings. The number of aryl methyl sites for hydroxylation is 2. The molecule has 0 saturated carbocycles. The lowest BCUT2D eigenvalue weighted by molar-refractivity contribution is -0.141. The Morgan fingerprint density at radius 3 is 2.60 bits per heavy atom. The van der Waals surface area contributed by atoms with E-state index in [4.69, 9.17) is 9.47 Å². The molecule has 0 aliphatic rings. The molecule has 2 aromatic heterocycles. The summed E-state index contributed by atoms with van der Waals surface area (Å²) < 4.78 is 14.2. The molecule has 0 aliphatic heterocycles. The van der Waals surface area contributed by atoms with E-state index in [2.05, 4.69) is 5.10 Å². The first-order chi connectivity index (χ1) is 9.65. The highest BCUT2D eigenvalue weighted by molar-refractivity contribution is 5.44. The van der Waals surface area contributed by atoms with E-state index < -0.39 is 0 Å². The Balaban J connectivity index is 2.13. The van der Waals surface area contributed by atoms with Crippen LogP contribution < -0.4 is 5.56 Å². The lowest BCUT2D eigenvalue weighted by atomic mass is 10.3. The van der Waals surface area contributed by atoms with Crippen molar-refractivity contribution in [1.82, 2.24) is 14.2 Å². The molecule has 0 spiro atoms. The molecule has 0 N–H and O–H groups in total. The number of hydrogen-bond acceptors (Lipinski definition) is 4. The molecule has 2 rings (SSSR count). The molecule has 110 valence electrons. The second kappa shape index (κ2) is 6.67. The maximum atomic E-state index is 12.3. The number of fused-ring (bicyclic) bond motifs is 1. The van der Waals surface area contributed by atoms with Crippen LogP contribution >= 0.6 is 0 Å². The topological polar surface area (TPSA) is 57.8 Å². The molecule has 6 nitrogen and oxygen atoms in total. The lowest BCUT2D eigenvalue weighted by Gasteiger charge is -2.17. The van der Waals surface area contributed by atoms with Gasteiger partial charge < -0.3 is 14.0 Å². The molecule has 6 heteroatoms. The van der Waals surface area contributed by atoms with Crippen molar-refractivity contribution in [3.05, 3.63) is 34.5 Å². The average Bonchev–Trinajstić information content (AvgIpc) is 2.80. The van der Waals surface area contributed by atoms with Crippen LogP contribution in [0.4, 0.5) is 0 Å². The molecule has 0 aromatic carbocycles. The molecule has 0 unspecified atom stereocenters. The molecule has 0 fully saturated rings. The average molecular weight is 279 g/mol. The van der Waals surface area contributed by atoms with E-state index in [1.54, 1.807) is 27.5 Å². The summed E-state index contributed by atoms with van der Waals surface area (Å²) in [6.45, 7) is 7.49. The fourth-order valence-corrected chi connectivity index (χ4v) is 2.16. The third-order valence-electron chi connectivity index (χ3n) is 3.04. The van der Waals surface area contributed by atoms with E-state index in [1.165, 1.54) is 0 Å². The Hall–Kier alpha value is -1.66. The molecule has 0 bridgehead atoms. The molecule has 0 amide bonds. The van der Waals surface area contributed by atoms with Crippen LogP contribution in [0.15, 0.2) is 23.3 Å². The molecule has 0 atom stereocenters. The number of hydrogen-bond donors (Lipinski definition) is 0. The van der Waals surface area contributed by atoms with E-state index in [-0.39, 0.29) is 11.8 Å². The van der Waals surface area contributed by atoms with Crippen molar-refractivity contribution in [2.75, 3.05) is 13.2 Å². The minimum atomic E-state index is -0.264. The van der Waals surface area contributed by atoms with Crippen molar-refractivity contribution in [3.63, 3.8) is 0 Å². The van der Waals surface area contributed by atoms with Gasteiger partial charge >= 0.3 is 0 Å². The van der Waals surface area contributed by atoms with Gasteiger partial charge in [0.05, 0.1) is 5.69 Å². The second-order valence-electron chi connectivity index (χ2n) is 4.54. The summed E-state index contributed by atoms with van der Waals surface area (Å²) in [6.07, 6.45) is 3.92. The molecule has 0 aliphatic carbocycles.